The Morgan fingerprint density at radius 1 is 1.33 bits per heavy atom. The fourth-order valence-electron chi connectivity index (χ4n) is 0.952. The lowest BCUT2D eigenvalue weighted by Crippen LogP contribution is -2.24. The van der Waals surface area contributed by atoms with Crippen molar-refractivity contribution in [2.45, 2.75) is 12.6 Å². The zero-order valence-corrected chi connectivity index (χ0v) is 8.82. The molecule has 0 bridgehead atoms. The molecule has 0 spiro atoms. The second-order valence-electron chi connectivity index (χ2n) is 2.83. The van der Waals surface area contributed by atoms with Gasteiger partial charge >= 0.3 is 6.18 Å². The number of carbonyl (C=O) groups is 1. The highest BCUT2D eigenvalue weighted by Gasteiger charge is 2.38. The van der Waals surface area contributed by atoms with Crippen LogP contribution in [0.2, 0.25) is 0 Å². The predicted octanol–water partition coefficient (Wildman–Crippen LogP) is 3.26. The van der Waals surface area contributed by atoms with Crippen molar-refractivity contribution in [3.63, 3.8) is 0 Å². The largest absolute Gasteiger partial charge is 0.450 e. The number of rotatable bonds is 2. The molecule has 6 heteroatoms. The normalized spacial score (nSPS) is 11.5. The van der Waals surface area contributed by atoms with Crippen LogP contribution < -0.4 is 0 Å². The van der Waals surface area contributed by atoms with E-state index in [1.807, 2.05) is 0 Å². The number of ketones is 1. The van der Waals surface area contributed by atoms with Gasteiger partial charge in [-0.25, -0.2) is 4.39 Å². The van der Waals surface area contributed by atoms with Crippen molar-refractivity contribution in [3.05, 3.63) is 34.1 Å². The van der Waals surface area contributed by atoms with Crippen molar-refractivity contribution in [2.24, 2.45) is 0 Å². The molecule has 0 saturated carbocycles. The summed E-state index contributed by atoms with van der Waals surface area (Å²) < 4.78 is 49.1. The van der Waals surface area contributed by atoms with E-state index in [4.69, 9.17) is 0 Å². The summed E-state index contributed by atoms with van der Waals surface area (Å²) in [7, 11) is 0. The highest BCUT2D eigenvalue weighted by Crippen LogP contribution is 2.21. The molecular weight excluding hydrogens is 280 g/mol. The van der Waals surface area contributed by atoms with Crippen molar-refractivity contribution >= 4 is 21.7 Å². The second-order valence-corrected chi connectivity index (χ2v) is 3.75. The maximum absolute atomic E-state index is 13.0. The van der Waals surface area contributed by atoms with E-state index in [2.05, 4.69) is 15.9 Å². The minimum atomic E-state index is -4.92. The molecule has 0 radical (unpaired) electrons. The summed E-state index contributed by atoms with van der Waals surface area (Å²) in [6.45, 7) is 0. The smallest absolute Gasteiger partial charge is 0.289 e. The van der Waals surface area contributed by atoms with Crippen molar-refractivity contribution in [1.82, 2.24) is 0 Å². The zero-order valence-electron chi connectivity index (χ0n) is 7.24. The topological polar surface area (TPSA) is 17.1 Å². The summed E-state index contributed by atoms with van der Waals surface area (Å²) >= 11 is 2.98. The Morgan fingerprint density at radius 2 is 1.93 bits per heavy atom. The first-order valence-electron chi connectivity index (χ1n) is 3.84. The first kappa shape index (κ1) is 12.2. The summed E-state index contributed by atoms with van der Waals surface area (Å²) in [4.78, 5) is 10.6. The average Bonchev–Trinajstić information content (AvgIpc) is 2.09. The third-order valence-corrected chi connectivity index (χ3v) is 2.17. The van der Waals surface area contributed by atoms with Crippen LogP contribution >= 0.6 is 15.9 Å². The third-order valence-electron chi connectivity index (χ3n) is 1.67. The molecule has 0 atom stereocenters. The van der Waals surface area contributed by atoms with E-state index in [9.17, 15) is 22.4 Å². The van der Waals surface area contributed by atoms with Crippen LogP contribution in [0.25, 0.3) is 0 Å². The molecule has 0 aliphatic heterocycles. The van der Waals surface area contributed by atoms with Gasteiger partial charge in [-0.3, -0.25) is 4.79 Å². The minimum Gasteiger partial charge on any atom is -0.289 e. The predicted molar refractivity (Wildman–Crippen MR) is 48.9 cm³/mol. The van der Waals surface area contributed by atoms with Crippen molar-refractivity contribution in [2.75, 3.05) is 0 Å². The molecule has 0 heterocycles. The summed E-state index contributed by atoms with van der Waals surface area (Å²) in [5.74, 6) is -2.78. The first-order chi connectivity index (χ1) is 6.80. The van der Waals surface area contributed by atoms with Crippen LogP contribution in [0.4, 0.5) is 17.6 Å². The lowest BCUT2D eigenvalue weighted by atomic mass is 10.1. The maximum Gasteiger partial charge on any atom is 0.450 e. The number of halogens is 5. The molecule has 0 amide bonds. The molecule has 82 valence electrons. The standard InChI is InChI=1S/C9H5BrF4O/c10-6-1-2-7(11)5(3-6)4-8(15)9(12,13)14/h1-3H,4H2. The van der Waals surface area contributed by atoms with Crippen LogP contribution in [0.3, 0.4) is 0 Å². The fraction of sp³-hybridized carbons (Fsp3) is 0.222. The van der Waals surface area contributed by atoms with Crippen molar-refractivity contribution < 1.29 is 22.4 Å². The van der Waals surface area contributed by atoms with Gasteiger partial charge in [0.05, 0.1) is 0 Å². The van der Waals surface area contributed by atoms with Gasteiger partial charge in [-0.2, -0.15) is 13.2 Å². The van der Waals surface area contributed by atoms with Crippen LogP contribution in [0, 0.1) is 5.82 Å². The summed E-state index contributed by atoms with van der Waals surface area (Å²) in [6.07, 6.45) is -5.90. The number of Topliss-reactive ketones (excluding diaryl/α,β-unsaturated/α-hetero) is 1. The number of hydrogen-bond acceptors (Lipinski definition) is 1. The Morgan fingerprint density at radius 3 is 2.47 bits per heavy atom. The first-order valence-corrected chi connectivity index (χ1v) is 4.64. The highest BCUT2D eigenvalue weighted by atomic mass is 79.9. The van der Waals surface area contributed by atoms with Crippen molar-refractivity contribution in [3.8, 4) is 0 Å². The maximum atomic E-state index is 13.0. The van der Waals surface area contributed by atoms with E-state index in [1.165, 1.54) is 6.07 Å². The molecule has 0 unspecified atom stereocenters. The van der Waals surface area contributed by atoms with E-state index in [0.29, 0.717) is 4.47 Å². The summed E-state index contributed by atoms with van der Waals surface area (Å²) in [6, 6.07) is 3.50. The van der Waals surface area contributed by atoms with Gasteiger partial charge in [-0.1, -0.05) is 15.9 Å². The van der Waals surface area contributed by atoms with Gasteiger partial charge in [0.25, 0.3) is 0 Å². The molecule has 0 aliphatic rings. The molecular formula is C9H5BrF4O. The van der Waals surface area contributed by atoms with Gasteiger partial charge in [0, 0.05) is 10.9 Å². The van der Waals surface area contributed by atoms with Crippen LogP contribution in [-0.4, -0.2) is 12.0 Å². The number of carbonyl (C=O) groups excluding carboxylic acids is 1. The summed E-state index contributed by atoms with van der Waals surface area (Å²) in [5, 5.41) is 0. The van der Waals surface area contributed by atoms with Gasteiger partial charge < -0.3 is 0 Å². The molecule has 0 fully saturated rings. The Hall–Kier alpha value is -0.910. The quantitative estimate of drug-likeness (QED) is 0.762. The molecule has 1 rings (SSSR count). The Bertz CT molecular complexity index is 386. The number of benzene rings is 1. The molecule has 0 N–H and O–H groups in total. The minimum absolute atomic E-state index is 0.272. The third kappa shape index (κ3) is 3.30. The zero-order chi connectivity index (χ0) is 11.6. The van der Waals surface area contributed by atoms with E-state index in [0.717, 1.165) is 12.1 Å². The van der Waals surface area contributed by atoms with Gasteiger partial charge in [-0.05, 0) is 23.8 Å². The molecule has 0 saturated heterocycles. The lowest BCUT2D eigenvalue weighted by Gasteiger charge is -2.06. The molecule has 15 heavy (non-hydrogen) atoms. The van der Waals surface area contributed by atoms with Crippen LogP contribution in [-0.2, 0) is 11.2 Å². The van der Waals surface area contributed by atoms with E-state index in [-0.39, 0.29) is 5.56 Å². The summed E-state index contributed by atoms with van der Waals surface area (Å²) in [5.41, 5.74) is -0.272. The van der Waals surface area contributed by atoms with E-state index < -0.39 is 24.2 Å². The van der Waals surface area contributed by atoms with Crippen LogP contribution in [0.1, 0.15) is 5.56 Å². The SMILES string of the molecule is O=C(Cc1cc(Br)ccc1F)C(F)(F)F. The Balaban J connectivity index is 2.90. The molecule has 1 aromatic carbocycles. The highest BCUT2D eigenvalue weighted by molar-refractivity contribution is 9.10. The van der Waals surface area contributed by atoms with E-state index in [1.54, 1.807) is 0 Å². The molecule has 1 nitrogen and oxygen atoms in total. The number of alkyl halides is 3. The average molecular weight is 285 g/mol. The number of hydrogen-bond donors (Lipinski definition) is 0. The second kappa shape index (κ2) is 4.30. The van der Waals surface area contributed by atoms with Crippen LogP contribution in [0.5, 0.6) is 0 Å². The molecule has 1 aromatic rings. The van der Waals surface area contributed by atoms with Gasteiger partial charge in [-0.15, -0.1) is 0 Å². The Labute approximate surface area is 91.2 Å². The van der Waals surface area contributed by atoms with Crippen molar-refractivity contribution in [1.29, 1.82) is 0 Å². The molecule has 0 aliphatic carbocycles. The van der Waals surface area contributed by atoms with Gasteiger partial charge in [0.1, 0.15) is 5.82 Å². The van der Waals surface area contributed by atoms with Gasteiger partial charge in [0.2, 0.25) is 5.78 Å². The fourth-order valence-corrected chi connectivity index (χ4v) is 1.36. The van der Waals surface area contributed by atoms with Gasteiger partial charge in [0.15, 0.2) is 0 Å². The van der Waals surface area contributed by atoms with Crippen LogP contribution in [0.15, 0.2) is 22.7 Å². The van der Waals surface area contributed by atoms with E-state index >= 15 is 0 Å². The molecule has 0 aromatic heterocycles. The monoisotopic (exact) mass is 284 g/mol. The lowest BCUT2D eigenvalue weighted by molar-refractivity contribution is -0.170. The Kier molecular flexibility index (Phi) is 3.49.